The van der Waals surface area contributed by atoms with Gasteiger partial charge in [0, 0.05) is 5.69 Å². The van der Waals surface area contributed by atoms with Gasteiger partial charge in [0.25, 0.3) is 15.9 Å². The van der Waals surface area contributed by atoms with Crippen LogP contribution in [0.3, 0.4) is 0 Å². The highest BCUT2D eigenvalue weighted by molar-refractivity contribution is 7.92. The van der Waals surface area contributed by atoms with E-state index in [2.05, 4.69) is 10.0 Å². The first kappa shape index (κ1) is 23.1. The topological polar surface area (TPSA) is 93.7 Å². The van der Waals surface area contributed by atoms with E-state index in [9.17, 15) is 17.6 Å². The van der Waals surface area contributed by atoms with Crippen molar-refractivity contribution in [3.63, 3.8) is 0 Å². The Hall–Kier alpha value is -3.59. The van der Waals surface area contributed by atoms with Gasteiger partial charge in [-0.1, -0.05) is 12.1 Å². The van der Waals surface area contributed by atoms with Gasteiger partial charge in [0.1, 0.15) is 17.3 Å². The number of nitrogens with one attached hydrogen (secondary N) is 2. The van der Waals surface area contributed by atoms with Gasteiger partial charge < -0.3 is 14.8 Å². The highest BCUT2D eigenvalue weighted by atomic mass is 32.2. The molecule has 1 atom stereocenters. The van der Waals surface area contributed by atoms with Crippen molar-refractivity contribution in [1.29, 1.82) is 0 Å². The third-order valence-corrected chi connectivity index (χ3v) is 5.99. The van der Waals surface area contributed by atoms with E-state index >= 15 is 0 Å². The number of anilines is 1. The van der Waals surface area contributed by atoms with Crippen LogP contribution in [0.5, 0.6) is 11.5 Å². The van der Waals surface area contributed by atoms with E-state index in [0.717, 1.165) is 5.56 Å². The molecule has 2 N–H and O–H groups in total. The van der Waals surface area contributed by atoms with Gasteiger partial charge in [0.2, 0.25) is 0 Å². The minimum absolute atomic E-state index is 0.0510. The zero-order valence-electron chi connectivity index (χ0n) is 17.5. The predicted octanol–water partition coefficient (Wildman–Crippen LogP) is 3.89. The summed E-state index contributed by atoms with van der Waals surface area (Å²) in [6, 6.07) is 17.7. The van der Waals surface area contributed by atoms with Crippen LogP contribution in [0.2, 0.25) is 0 Å². The van der Waals surface area contributed by atoms with Crippen LogP contribution in [0.15, 0.2) is 77.7 Å². The van der Waals surface area contributed by atoms with E-state index in [1.807, 2.05) is 0 Å². The molecule has 0 heterocycles. The molecule has 0 saturated carbocycles. The van der Waals surface area contributed by atoms with Gasteiger partial charge in [-0.05, 0) is 73.2 Å². The molecule has 32 heavy (non-hydrogen) atoms. The number of methoxy groups -OCH3 is 1. The fourth-order valence-corrected chi connectivity index (χ4v) is 3.91. The molecule has 0 aliphatic carbocycles. The average molecular weight is 459 g/mol. The monoisotopic (exact) mass is 458 g/mol. The quantitative estimate of drug-likeness (QED) is 0.507. The summed E-state index contributed by atoms with van der Waals surface area (Å²) >= 11 is 0. The highest BCUT2D eigenvalue weighted by Gasteiger charge is 2.15. The minimum atomic E-state index is -3.78. The molecular weight excluding hydrogens is 435 g/mol. The third kappa shape index (κ3) is 6.21. The maximum absolute atomic E-state index is 13.0. The molecule has 0 unspecified atom stereocenters. The Morgan fingerprint density at radius 3 is 2.12 bits per heavy atom. The van der Waals surface area contributed by atoms with E-state index in [1.54, 1.807) is 43.3 Å². The molecule has 1 amide bonds. The van der Waals surface area contributed by atoms with E-state index in [-0.39, 0.29) is 29.3 Å². The summed E-state index contributed by atoms with van der Waals surface area (Å²) in [5.74, 6) is 0.253. The largest absolute Gasteiger partial charge is 0.497 e. The maximum Gasteiger partial charge on any atom is 0.261 e. The second-order valence-electron chi connectivity index (χ2n) is 6.93. The average Bonchev–Trinajstić information content (AvgIpc) is 2.78. The van der Waals surface area contributed by atoms with Crippen LogP contribution in [0.25, 0.3) is 0 Å². The van der Waals surface area contributed by atoms with Gasteiger partial charge in [0.05, 0.1) is 18.0 Å². The lowest BCUT2D eigenvalue weighted by Crippen LogP contribution is -2.31. The van der Waals surface area contributed by atoms with Crippen LogP contribution in [-0.4, -0.2) is 28.0 Å². The third-order valence-electron chi connectivity index (χ3n) is 4.59. The molecular formula is C23H23FN2O5S. The standard InChI is InChI=1S/C23H23FN2O5S/c1-16(17-3-5-18(24)6-4-17)25-23(27)15-31-21-11-13-22(14-12-21)32(28,29)26-19-7-9-20(30-2)10-8-19/h3-14,16,26H,15H2,1-2H3,(H,25,27)/t16-/m0/s1. The van der Waals surface area contributed by atoms with Crippen LogP contribution >= 0.6 is 0 Å². The molecule has 0 aliphatic rings. The molecule has 0 bridgehead atoms. The molecule has 0 aromatic heterocycles. The van der Waals surface area contributed by atoms with Crippen molar-refractivity contribution in [3.05, 3.63) is 84.2 Å². The molecule has 0 fully saturated rings. The van der Waals surface area contributed by atoms with Gasteiger partial charge >= 0.3 is 0 Å². The molecule has 3 aromatic rings. The van der Waals surface area contributed by atoms with E-state index < -0.39 is 10.0 Å². The maximum atomic E-state index is 13.0. The van der Waals surface area contributed by atoms with E-state index in [1.165, 1.54) is 43.5 Å². The van der Waals surface area contributed by atoms with E-state index in [0.29, 0.717) is 17.2 Å². The fourth-order valence-electron chi connectivity index (χ4n) is 2.85. The number of carbonyl (C=O) groups excluding carboxylic acids is 1. The van der Waals surface area contributed by atoms with Crippen LogP contribution in [0, 0.1) is 5.82 Å². The molecule has 0 radical (unpaired) electrons. The van der Waals surface area contributed by atoms with Crippen LogP contribution in [0.1, 0.15) is 18.5 Å². The molecule has 0 saturated heterocycles. The van der Waals surface area contributed by atoms with Crippen LogP contribution < -0.4 is 19.5 Å². The van der Waals surface area contributed by atoms with Crippen molar-refractivity contribution < 1.29 is 27.1 Å². The second-order valence-corrected chi connectivity index (χ2v) is 8.62. The van der Waals surface area contributed by atoms with E-state index in [4.69, 9.17) is 9.47 Å². The van der Waals surface area contributed by atoms with Gasteiger partial charge in [-0.2, -0.15) is 0 Å². The van der Waals surface area contributed by atoms with Gasteiger partial charge in [-0.15, -0.1) is 0 Å². The number of sulfonamides is 1. The number of halogens is 1. The number of hydrogen-bond donors (Lipinski definition) is 2. The normalized spacial score (nSPS) is 12.0. The Bertz CT molecular complexity index is 1150. The summed E-state index contributed by atoms with van der Waals surface area (Å²) < 4.78 is 51.1. The van der Waals surface area contributed by atoms with Crippen molar-refractivity contribution in [2.24, 2.45) is 0 Å². The Morgan fingerprint density at radius 1 is 0.938 bits per heavy atom. The molecule has 0 spiro atoms. The van der Waals surface area contributed by atoms with Crippen LogP contribution in [-0.2, 0) is 14.8 Å². The zero-order valence-corrected chi connectivity index (χ0v) is 18.4. The Morgan fingerprint density at radius 2 is 1.53 bits per heavy atom. The number of rotatable bonds is 9. The lowest BCUT2D eigenvalue weighted by Gasteiger charge is -2.15. The Balaban J connectivity index is 1.54. The SMILES string of the molecule is COc1ccc(NS(=O)(=O)c2ccc(OCC(=O)N[C@@H](C)c3ccc(F)cc3)cc2)cc1. The number of amides is 1. The smallest absolute Gasteiger partial charge is 0.261 e. The second kappa shape index (κ2) is 10.1. The molecule has 3 rings (SSSR count). The molecule has 7 nitrogen and oxygen atoms in total. The van der Waals surface area contributed by atoms with Crippen molar-refractivity contribution in [2.75, 3.05) is 18.4 Å². The minimum Gasteiger partial charge on any atom is -0.497 e. The number of ether oxygens (including phenoxy) is 2. The first-order valence-electron chi connectivity index (χ1n) is 9.71. The predicted molar refractivity (Wildman–Crippen MR) is 119 cm³/mol. The lowest BCUT2D eigenvalue weighted by molar-refractivity contribution is -0.123. The highest BCUT2D eigenvalue weighted by Crippen LogP contribution is 2.21. The fraction of sp³-hybridized carbons (Fsp3) is 0.174. The number of carbonyl (C=O) groups is 1. The first-order valence-corrected chi connectivity index (χ1v) is 11.2. The molecule has 9 heteroatoms. The van der Waals surface area contributed by atoms with Gasteiger partial charge in [0.15, 0.2) is 6.61 Å². The number of benzene rings is 3. The Labute approximate surface area is 186 Å². The van der Waals surface area contributed by atoms with Crippen molar-refractivity contribution in [3.8, 4) is 11.5 Å². The zero-order chi connectivity index (χ0) is 23.1. The summed E-state index contributed by atoms with van der Waals surface area (Å²) in [5, 5.41) is 2.76. The summed E-state index contributed by atoms with van der Waals surface area (Å²) in [7, 11) is -2.26. The first-order chi connectivity index (χ1) is 15.3. The summed E-state index contributed by atoms with van der Waals surface area (Å²) in [4.78, 5) is 12.2. The van der Waals surface area contributed by atoms with Gasteiger partial charge in [-0.25, -0.2) is 12.8 Å². The molecule has 0 aliphatic heterocycles. The summed E-state index contributed by atoms with van der Waals surface area (Å²) in [6.45, 7) is 1.53. The molecule has 168 valence electrons. The summed E-state index contributed by atoms with van der Waals surface area (Å²) in [6.07, 6.45) is 0. The molecule has 3 aromatic carbocycles. The van der Waals surface area contributed by atoms with Crippen molar-refractivity contribution in [2.45, 2.75) is 17.9 Å². The van der Waals surface area contributed by atoms with Crippen molar-refractivity contribution in [1.82, 2.24) is 5.32 Å². The lowest BCUT2D eigenvalue weighted by atomic mass is 10.1. The van der Waals surface area contributed by atoms with Crippen molar-refractivity contribution >= 4 is 21.6 Å². The van der Waals surface area contributed by atoms with Crippen LogP contribution in [0.4, 0.5) is 10.1 Å². The van der Waals surface area contributed by atoms with Gasteiger partial charge in [-0.3, -0.25) is 9.52 Å². The number of hydrogen-bond acceptors (Lipinski definition) is 5. The Kier molecular flexibility index (Phi) is 7.32. The summed E-state index contributed by atoms with van der Waals surface area (Å²) in [5.41, 5.74) is 1.16.